The number of aromatic nitrogens is 1. The van der Waals surface area contributed by atoms with Gasteiger partial charge in [-0.05, 0) is 17.7 Å². The molecular formula is C24H8F3N3O2. The molecule has 2 aliphatic rings. The molecule has 0 bridgehead atoms. The summed E-state index contributed by atoms with van der Waals surface area (Å²) in [4.78, 5) is 17.7. The first kappa shape index (κ1) is 19.3. The van der Waals surface area contributed by atoms with E-state index in [9.17, 15) is 33.6 Å². The van der Waals surface area contributed by atoms with Crippen LogP contribution in [0.25, 0.3) is 22.4 Å². The molecule has 0 unspecified atom stereocenters. The van der Waals surface area contributed by atoms with Crippen molar-refractivity contribution in [1.82, 2.24) is 4.98 Å². The first-order valence-electron chi connectivity index (χ1n) is 9.20. The molecule has 0 atom stereocenters. The van der Waals surface area contributed by atoms with Crippen LogP contribution in [0.3, 0.4) is 0 Å². The largest absolute Gasteiger partial charge is 0.507 e. The van der Waals surface area contributed by atoms with E-state index in [1.54, 1.807) is 30.3 Å². The molecule has 1 N–H and O–H groups in total. The van der Waals surface area contributed by atoms with Gasteiger partial charge in [0.25, 0.3) is 0 Å². The summed E-state index contributed by atoms with van der Waals surface area (Å²) in [5, 5.41) is 29.4. The highest BCUT2D eigenvalue weighted by Crippen LogP contribution is 2.53. The van der Waals surface area contributed by atoms with Gasteiger partial charge in [0.1, 0.15) is 29.3 Å². The normalized spacial score (nSPS) is 15.7. The SMILES string of the molecule is N#CC(C#N)=C1/C(=C2/c3cccnc3-c3c(O)cccc32)C(=O)c2c(F)cc(F)c(F)c21. The lowest BCUT2D eigenvalue weighted by molar-refractivity contribution is 0.104. The molecule has 32 heavy (non-hydrogen) atoms. The number of fused-ring (bicyclic) bond motifs is 4. The zero-order chi connectivity index (χ0) is 22.7. The zero-order valence-corrected chi connectivity index (χ0v) is 15.9. The van der Waals surface area contributed by atoms with Crippen LogP contribution in [-0.2, 0) is 0 Å². The number of nitriles is 2. The van der Waals surface area contributed by atoms with Gasteiger partial charge >= 0.3 is 0 Å². The summed E-state index contributed by atoms with van der Waals surface area (Å²) in [5.74, 6) is -5.55. The van der Waals surface area contributed by atoms with E-state index >= 15 is 0 Å². The summed E-state index contributed by atoms with van der Waals surface area (Å²) >= 11 is 0. The molecule has 0 spiro atoms. The monoisotopic (exact) mass is 427 g/mol. The standard InChI is InChI=1S/C24H8F3N3O2/c25-13-7-14(26)22(27)20-16(10(8-28)9-29)21(24(32)19(13)20)17-11-3-1-5-15(31)18(11)23-12(17)4-2-6-30-23/h1-7,31H/b21-17-. The average Bonchev–Trinajstić information content (AvgIpc) is 3.26. The number of hydrogen-bond donors (Lipinski definition) is 1. The van der Waals surface area contributed by atoms with E-state index in [0.29, 0.717) is 16.8 Å². The second-order valence-electron chi connectivity index (χ2n) is 7.06. The Bertz CT molecular complexity index is 1540. The quantitative estimate of drug-likeness (QED) is 0.250. The zero-order valence-electron chi connectivity index (χ0n) is 15.9. The molecule has 0 saturated carbocycles. The highest BCUT2D eigenvalue weighted by atomic mass is 19.2. The van der Waals surface area contributed by atoms with Gasteiger partial charge in [-0.3, -0.25) is 9.78 Å². The number of rotatable bonds is 0. The maximum absolute atomic E-state index is 14.8. The number of benzene rings is 2. The lowest BCUT2D eigenvalue weighted by atomic mass is 9.91. The van der Waals surface area contributed by atoms with Crippen LogP contribution < -0.4 is 0 Å². The summed E-state index contributed by atoms with van der Waals surface area (Å²) in [6.07, 6.45) is 1.47. The fraction of sp³-hybridized carbons (Fsp3) is 0. The molecule has 2 aliphatic carbocycles. The van der Waals surface area contributed by atoms with Gasteiger partial charge in [-0.2, -0.15) is 10.5 Å². The van der Waals surface area contributed by atoms with Crippen molar-refractivity contribution in [2.45, 2.75) is 0 Å². The molecule has 8 heteroatoms. The minimum Gasteiger partial charge on any atom is -0.507 e. The summed E-state index contributed by atoms with van der Waals surface area (Å²) < 4.78 is 43.6. The third kappa shape index (κ3) is 2.32. The Morgan fingerprint density at radius 2 is 1.62 bits per heavy atom. The summed E-state index contributed by atoms with van der Waals surface area (Å²) in [6.45, 7) is 0. The Labute approximate surface area is 178 Å². The van der Waals surface area contributed by atoms with Crippen molar-refractivity contribution in [3.05, 3.63) is 93.4 Å². The number of hydrogen-bond acceptors (Lipinski definition) is 5. The molecule has 0 aliphatic heterocycles. The van der Waals surface area contributed by atoms with Crippen LogP contribution in [0, 0.1) is 40.1 Å². The van der Waals surface area contributed by atoms with E-state index in [2.05, 4.69) is 4.98 Å². The Morgan fingerprint density at radius 3 is 2.34 bits per heavy atom. The van der Waals surface area contributed by atoms with Crippen molar-refractivity contribution in [2.75, 3.05) is 0 Å². The molecule has 1 heterocycles. The van der Waals surface area contributed by atoms with Crippen molar-refractivity contribution in [1.29, 1.82) is 10.5 Å². The smallest absolute Gasteiger partial charge is 0.198 e. The number of ketones is 1. The summed E-state index contributed by atoms with van der Waals surface area (Å²) in [7, 11) is 0. The summed E-state index contributed by atoms with van der Waals surface area (Å²) in [5.41, 5.74) is -1.62. The third-order valence-electron chi connectivity index (χ3n) is 5.47. The number of Topliss-reactive ketones (excluding diaryl/α,β-unsaturated/α-hetero) is 1. The van der Waals surface area contributed by atoms with E-state index in [1.165, 1.54) is 18.3 Å². The minimum atomic E-state index is -1.56. The molecular weight excluding hydrogens is 419 g/mol. The average molecular weight is 427 g/mol. The van der Waals surface area contributed by atoms with Gasteiger partial charge in [0.2, 0.25) is 0 Å². The first-order chi connectivity index (χ1) is 15.4. The van der Waals surface area contributed by atoms with Crippen LogP contribution in [-0.4, -0.2) is 15.9 Å². The van der Waals surface area contributed by atoms with E-state index in [1.807, 2.05) is 0 Å². The van der Waals surface area contributed by atoms with E-state index < -0.39 is 45.5 Å². The van der Waals surface area contributed by atoms with Gasteiger partial charge in [0.15, 0.2) is 17.4 Å². The topological polar surface area (TPSA) is 97.8 Å². The van der Waals surface area contributed by atoms with Gasteiger partial charge in [0, 0.05) is 40.1 Å². The van der Waals surface area contributed by atoms with Crippen molar-refractivity contribution in [2.24, 2.45) is 0 Å². The second-order valence-corrected chi connectivity index (χ2v) is 7.06. The second kappa shape index (κ2) is 6.66. The molecule has 0 radical (unpaired) electrons. The molecule has 0 amide bonds. The van der Waals surface area contributed by atoms with E-state index in [4.69, 9.17) is 0 Å². The van der Waals surface area contributed by atoms with Gasteiger partial charge in [-0.15, -0.1) is 0 Å². The molecule has 1 aromatic heterocycles. The lowest BCUT2D eigenvalue weighted by Gasteiger charge is -2.10. The Morgan fingerprint density at radius 1 is 0.906 bits per heavy atom. The predicted octanol–water partition coefficient (Wildman–Crippen LogP) is 4.68. The number of phenols is 1. The third-order valence-corrected chi connectivity index (χ3v) is 5.47. The van der Waals surface area contributed by atoms with Crippen LogP contribution >= 0.6 is 0 Å². The van der Waals surface area contributed by atoms with Crippen molar-refractivity contribution < 1.29 is 23.1 Å². The molecule has 5 nitrogen and oxygen atoms in total. The highest BCUT2D eigenvalue weighted by molar-refractivity contribution is 6.33. The van der Waals surface area contributed by atoms with E-state index in [-0.39, 0.29) is 28.5 Å². The molecule has 0 fully saturated rings. The van der Waals surface area contributed by atoms with Crippen molar-refractivity contribution in [3.8, 4) is 29.1 Å². The molecule has 3 aromatic rings. The van der Waals surface area contributed by atoms with Crippen LogP contribution in [0.1, 0.15) is 27.0 Å². The Kier molecular flexibility index (Phi) is 4.01. The first-order valence-corrected chi connectivity index (χ1v) is 9.20. The van der Waals surface area contributed by atoms with Crippen LogP contribution in [0.2, 0.25) is 0 Å². The number of halogens is 3. The number of aromatic hydroxyl groups is 1. The van der Waals surface area contributed by atoms with Crippen LogP contribution in [0.5, 0.6) is 5.75 Å². The molecule has 152 valence electrons. The van der Waals surface area contributed by atoms with Crippen molar-refractivity contribution >= 4 is 16.9 Å². The van der Waals surface area contributed by atoms with Crippen molar-refractivity contribution in [3.63, 3.8) is 0 Å². The fourth-order valence-electron chi connectivity index (χ4n) is 4.26. The number of carbonyl (C=O) groups excluding carboxylic acids is 1. The van der Waals surface area contributed by atoms with Gasteiger partial charge in [0.05, 0.1) is 16.8 Å². The predicted molar refractivity (Wildman–Crippen MR) is 106 cm³/mol. The van der Waals surface area contributed by atoms with Gasteiger partial charge in [-0.25, -0.2) is 13.2 Å². The number of phenolic OH excluding ortho intramolecular Hbond substituents is 1. The van der Waals surface area contributed by atoms with Gasteiger partial charge in [-0.1, -0.05) is 18.2 Å². The minimum absolute atomic E-state index is 0.136. The maximum atomic E-state index is 14.8. The Hall–Kier alpha value is -4.69. The maximum Gasteiger partial charge on any atom is 0.198 e. The molecule has 5 rings (SSSR count). The van der Waals surface area contributed by atoms with Gasteiger partial charge < -0.3 is 5.11 Å². The molecule has 2 aromatic carbocycles. The fourth-order valence-corrected chi connectivity index (χ4v) is 4.26. The van der Waals surface area contributed by atoms with Crippen LogP contribution in [0.15, 0.2) is 53.7 Å². The van der Waals surface area contributed by atoms with E-state index in [0.717, 1.165) is 0 Å². The number of pyridine rings is 1. The highest BCUT2D eigenvalue weighted by Gasteiger charge is 2.43. The number of nitrogens with zero attached hydrogens (tertiary/aromatic N) is 3. The van der Waals surface area contributed by atoms with Crippen LogP contribution in [0.4, 0.5) is 13.2 Å². The Balaban J connectivity index is 2.03. The molecule has 0 saturated heterocycles. The summed E-state index contributed by atoms with van der Waals surface area (Å²) in [6, 6.07) is 11.1. The lowest BCUT2D eigenvalue weighted by Crippen LogP contribution is -2.03. The number of allylic oxidation sites excluding steroid dienone is 3. The number of carbonyl (C=O) groups is 1.